The van der Waals surface area contributed by atoms with E-state index in [1.165, 1.54) is 0 Å². The molecule has 2 aromatic rings. The Kier molecular flexibility index (Phi) is 6.71. The summed E-state index contributed by atoms with van der Waals surface area (Å²) < 4.78 is 10.1. The summed E-state index contributed by atoms with van der Waals surface area (Å²) in [6.45, 7) is 4.04. The predicted molar refractivity (Wildman–Crippen MR) is 85.1 cm³/mol. The van der Waals surface area contributed by atoms with Gasteiger partial charge in [0.05, 0.1) is 37.3 Å². The number of carbonyl (C=O) groups excluding carboxylic acids is 1. The minimum Gasteiger partial charge on any atom is -0.465 e. The van der Waals surface area contributed by atoms with Gasteiger partial charge in [-0.1, -0.05) is 18.2 Å². The molecule has 0 atom stereocenters. The Hall–Kier alpha value is -2.25. The van der Waals surface area contributed by atoms with Crippen molar-refractivity contribution in [3.8, 4) is 5.69 Å². The minimum absolute atomic E-state index is 0.204. The van der Waals surface area contributed by atoms with Gasteiger partial charge in [0.15, 0.2) is 0 Å². The summed E-state index contributed by atoms with van der Waals surface area (Å²) in [4.78, 5) is 15.2. The lowest BCUT2D eigenvalue weighted by Crippen LogP contribution is -2.33. The highest BCUT2D eigenvalue weighted by molar-refractivity contribution is 5.71. The number of ether oxygens (including phenoxy) is 2. The second-order valence-electron chi connectivity index (χ2n) is 4.97. The summed E-state index contributed by atoms with van der Waals surface area (Å²) >= 11 is 0. The number of methoxy groups -OCH3 is 1. The average Bonchev–Trinajstić information content (AvgIpc) is 3.02. The van der Waals surface area contributed by atoms with E-state index < -0.39 is 0 Å². The molecule has 0 unspecified atom stereocenters. The summed E-state index contributed by atoms with van der Waals surface area (Å²) in [6.07, 6.45) is 1.71. The van der Waals surface area contributed by atoms with Gasteiger partial charge >= 0.3 is 5.97 Å². The van der Waals surface area contributed by atoms with Gasteiger partial charge in [0.25, 0.3) is 0 Å². The Morgan fingerprint density at radius 3 is 2.78 bits per heavy atom. The van der Waals surface area contributed by atoms with E-state index in [9.17, 15) is 4.79 Å². The molecule has 0 N–H and O–H groups in total. The van der Waals surface area contributed by atoms with Crippen LogP contribution < -0.4 is 0 Å². The Morgan fingerprint density at radius 2 is 2.09 bits per heavy atom. The van der Waals surface area contributed by atoms with Crippen molar-refractivity contribution in [1.29, 1.82) is 0 Å². The fraction of sp³-hybridized carbons (Fsp3) is 0.438. The molecule has 124 valence electrons. The molecule has 0 fully saturated rings. The molecule has 0 aliphatic heterocycles. The number of benzene rings is 1. The normalized spacial score (nSPS) is 10.9. The second-order valence-corrected chi connectivity index (χ2v) is 4.97. The van der Waals surface area contributed by atoms with E-state index in [0.29, 0.717) is 26.3 Å². The molecule has 0 aliphatic rings. The first kappa shape index (κ1) is 17.1. The third-order valence-corrected chi connectivity index (χ3v) is 3.18. The first-order valence-electron chi connectivity index (χ1n) is 7.56. The quantitative estimate of drug-likeness (QED) is 0.649. The maximum absolute atomic E-state index is 11.7. The van der Waals surface area contributed by atoms with Crippen LogP contribution in [-0.4, -0.2) is 59.3 Å². The van der Waals surface area contributed by atoms with Crippen LogP contribution in [0.25, 0.3) is 5.69 Å². The first-order valence-corrected chi connectivity index (χ1v) is 7.56. The molecule has 0 saturated heterocycles. The van der Waals surface area contributed by atoms with E-state index >= 15 is 0 Å². The van der Waals surface area contributed by atoms with Crippen LogP contribution in [-0.2, 0) is 20.8 Å². The molecule has 0 aliphatic carbocycles. The van der Waals surface area contributed by atoms with Gasteiger partial charge in [-0.05, 0) is 19.1 Å². The van der Waals surface area contributed by atoms with Gasteiger partial charge in [0.1, 0.15) is 0 Å². The molecule has 1 aromatic carbocycles. The van der Waals surface area contributed by atoms with E-state index in [1.54, 1.807) is 25.0 Å². The van der Waals surface area contributed by atoms with Crippen molar-refractivity contribution in [3.63, 3.8) is 0 Å². The van der Waals surface area contributed by atoms with Crippen LogP contribution in [0.5, 0.6) is 0 Å². The van der Waals surface area contributed by atoms with Crippen molar-refractivity contribution >= 4 is 5.97 Å². The molecule has 1 heterocycles. The van der Waals surface area contributed by atoms with Crippen molar-refractivity contribution < 1.29 is 14.3 Å². The molecular formula is C16H22N4O3. The summed E-state index contributed by atoms with van der Waals surface area (Å²) in [5.74, 6) is -0.251. The van der Waals surface area contributed by atoms with E-state index in [-0.39, 0.29) is 12.5 Å². The summed E-state index contributed by atoms with van der Waals surface area (Å²) in [5.41, 5.74) is 1.68. The van der Waals surface area contributed by atoms with Crippen LogP contribution in [0.15, 0.2) is 36.5 Å². The molecule has 0 bridgehead atoms. The lowest BCUT2D eigenvalue weighted by Gasteiger charge is -2.19. The number of nitrogens with zero attached hydrogens (tertiary/aromatic N) is 4. The fourth-order valence-electron chi connectivity index (χ4n) is 2.11. The van der Waals surface area contributed by atoms with E-state index in [0.717, 1.165) is 11.4 Å². The van der Waals surface area contributed by atoms with Crippen LogP contribution in [0.4, 0.5) is 0 Å². The lowest BCUT2D eigenvalue weighted by molar-refractivity contribution is -0.144. The predicted octanol–water partition coefficient (Wildman–Crippen LogP) is 1.28. The molecule has 0 spiro atoms. The molecule has 7 nitrogen and oxygen atoms in total. The second kappa shape index (κ2) is 9.02. The molecule has 0 amide bonds. The highest BCUT2D eigenvalue weighted by Gasteiger charge is 2.14. The van der Waals surface area contributed by atoms with Crippen molar-refractivity contribution in [1.82, 2.24) is 19.9 Å². The van der Waals surface area contributed by atoms with Crippen molar-refractivity contribution in [2.45, 2.75) is 13.5 Å². The Balaban J connectivity index is 2.01. The number of hydrogen-bond acceptors (Lipinski definition) is 6. The first-order chi connectivity index (χ1) is 11.2. The van der Waals surface area contributed by atoms with Gasteiger partial charge in [0, 0.05) is 20.2 Å². The zero-order chi connectivity index (χ0) is 16.5. The molecule has 0 radical (unpaired) electrons. The van der Waals surface area contributed by atoms with E-state index in [4.69, 9.17) is 9.47 Å². The van der Waals surface area contributed by atoms with Crippen LogP contribution in [0.1, 0.15) is 12.6 Å². The van der Waals surface area contributed by atoms with Crippen LogP contribution in [0, 0.1) is 0 Å². The summed E-state index contributed by atoms with van der Waals surface area (Å²) in [5, 5.41) is 8.72. The standard InChI is InChI=1S/C16H22N4O3/c1-3-23-16(21)13-19(9-10-22-2)12-14-11-17-20(18-14)15-7-5-4-6-8-15/h4-8,11H,3,9-10,12-13H2,1-2H3. The van der Waals surface area contributed by atoms with Crippen LogP contribution >= 0.6 is 0 Å². The van der Waals surface area contributed by atoms with Gasteiger partial charge < -0.3 is 9.47 Å². The number of carbonyl (C=O) groups is 1. The average molecular weight is 318 g/mol. The Morgan fingerprint density at radius 1 is 1.30 bits per heavy atom. The highest BCUT2D eigenvalue weighted by Crippen LogP contribution is 2.06. The number of aromatic nitrogens is 3. The van der Waals surface area contributed by atoms with Crippen molar-refractivity contribution in [3.05, 3.63) is 42.2 Å². The van der Waals surface area contributed by atoms with E-state index in [2.05, 4.69) is 10.2 Å². The number of rotatable bonds is 9. The Bertz CT molecular complexity index is 600. The fourth-order valence-corrected chi connectivity index (χ4v) is 2.11. The minimum atomic E-state index is -0.251. The SMILES string of the molecule is CCOC(=O)CN(CCOC)Cc1cnn(-c2ccccc2)n1. The monoisotopic (exact) mass is 318 g/mol. The molecule has 1 aromatic heterocycles. The largest absolute Gasteiger partial charge is 0.465 e. The summed E-state index contributed by atoms with van der Waals surface area (Å²) in [6, 6.07) is 9.68. The lowest BCUT2D eigenvalue weighted by atomic mass is 10.3. The maximum atomic E-state index is 11.7. The molecule has 0 saturated carbocycles. The Labute approximate surface area is 135 Å². The zero-order valence-electron chi connectivity index (χ0n) is 13.5. The van der Waals surface area contributed by atoms with Gasteiger partial charge in [-0.2, -0.15) is 15.0 Å². The van der Waals surface area contributed by atoms with E-state index in [1.807, 2.05) is 35.2 Å². The zero-order valence-corrected chi connectivity index (χ0v) is 13.5. The molecule has 7 heteroatoms. The maximum Gasteiger partial charge on any atom is 0.320 e. The number of para-hydroxylation sites is 1. The third kappa shape index (κ3) is 5.46. The van der Waals surface area contributed by atoms with Crippen molar-refractivity contribution in [2.75, 3.05) is 33.4 Å². The third-order valence-electron chi connectivity index (χ3n) is 3.18. The van der Waals surface area contributed by atoms with Gasteiger partial charge in [0.2, 0.25) is 0 Å². The number of esters is 1. The van der Waals surface area contributed by atoms with Gasteiger partial charge in [-0.3, -0.25) is 9.69 Å². The molecule has 23 heavy (non-hydrogen) atoms. The summed E-state index contributed by atoms with van der Waals surface area (Å²) in [7, 11) is 1.63. The van der Waals surface area contributed by atoms with Gasteiger partial charge in [-0.15, -0.1) is 0 Å². The topological polar surface area (TPSA) is 69.5 Å². The molecular weight excluding hydrogens is 296 g/mol. The smallest absolute Gasteiger partial charge is 0.320 e. The number of hydrogen-bond donors (Lipinski definition) is 0. The van der Waals surface area contributed by atoms with Gasteiger partial charge in [-0.25, -0.2) is 0 Å². The van der Waals surface area contributed by atoms with Crippen LogP contribution in [0.2, 0.25) is 0 Å². The van der Waals surface area contributed by atoms with Crippen LogP contribution in [0.3, 0.4) is 0 Å². The van der Waals surface area contributed by atoms with Crippen molar-refractivity contribution in [2.24, 2.45) is 0 Å². The highest BCUT2D eigenvalue weighted by atomic mass is 16.5. The molecule has 2 rings (SSSR count).